The maximum atomic E-state index is 13.1. The molecule has 8 nitrogen and oxygen atoms in total. The van der Waals surface area contributed by atoms with Crippen molar-refractivity contribution in [3.63, 3.8) is 0 Å². The largest absolute Gasteiger partial charge is 0.481 e. The summed E-state index contributed by atoms with van der Waals surface area (Å²) in [5.41, 5.74) is 0.987. The number of rotatable bonds is 8. The highest BCUT2D eigenvalue weighted by Gasteiger charge is 2.71. The Balaban J connectivity index is 1.46. The second-order valence-corrected chi connectivity index (χ2v) is 17.4. The highest BCUT2D eigenvalue weighted by atomic mass is 16.5. The van der Waals surface area contributed by atoms with Crippen LogP contribution in [0, 0.1) is 56.7 Å². The van der Waals surface area contributed by atoms with Crippen LogP contribution in [0.3, 0.4) is 0 Å². The number of aliphatic carboxylic acids is 2. The molecule has 258 valence electrons. The summed E-state index contributed by atoms with van der Waals surface area (Å²) in [6.07, 6.45) is 9.01. The van der Waals surface area contributed by atoms with Gasteiger partial charge in [0.2, 0.25) is 0 Å². The van der Waals surface area contributed by atoms with Crippen molar-refractivity contribution in [2.45, 2.75) is 145 Å². The van der Waals surface area contributed by atoms with Crippen LogP contribution in [0.15, 0.2) is 11.6 Å². The number of ether oxygens (including phenoxy) is 2. The number of hydrogen-bond acceptors (Lipinski definition) is 6. The molecule has 0 aromatic carbocycles. The zero-order chi connectivity index (χ0) is 34.0. The summed E-state index contributed by atoms with van der Waals surface area (Å²) in [5, 5.41) is 18.3. The van der Waals surface area contributed by atoms with Crippen LogP contribution in [-0.4, -0.2) is 46.3 Å². The van der Waals surface area contributed by atoms with Gasteiger partial charge in [-0.2, -0.15) is 0 Å². The summed E-state index contributed by atoms with van der Waals surface area (Å²) >= 11 is 0. The predicted molar refractivity (Wildman–Crippen MR) is 174 cm³/mol. The summed E-state index contributed by atoms with van der Waals surface area (Å²) in [6.45, 7) is 18.9. The van der Waals surface area contributed by atoms with Crippen molar-refractivity contribution in [1.82, 2.24) is 0 Å². The van der Waals surface area contributed by atoms with Gasteiger partial charge in [0, 0.05) is 10.8 Å². The number of carboxylic acids is 2. The molecule has 0 saturated heterocycles. The van der Waals surface area contributed by atoms with Crippen molar-refractivity contribution >= 4 is 23.9 Å². The fourth-order valence-electron chi connectivity index (χ4n) is 12.5. The Bertz CT molecular complexity index is 1290. The van der Waals surface area contributed by atoms with E-state index in [0.717, 1.165) is 51.4 Å². The fourth-order valence-corrected chi connectivity index (χ4v) is 12.5. The zero-order valence-electron chi connectivity index (χ0n) is 29.4. The summed E-state index contributed by atoms with van der Waals surface area (Å²) in [4.78, 5) is 48.1. The maximum Gasteiger partial charge on any atom is 0.306 e. The number of fused-ring (bicyclic) bond motifs is 7. The van der Waals surface area contributed by atoms with E-state index in [1.807, 2.05) is 0 Å². The standard InChI is InChI=1S/C38H58O8/c1-22-15-18-36(6)28(46-32(44)14-12-30(41)42)21-38(8)24(33(36)23(22)2)9-10-26-35(5)19-17-27(45-31(43)13-11-29(39)40)34(3,4)25(35)16-20-37(26,38)7/h15,23-28,33H,9-14,16-21H2,1-8H3,(H,39,40)(H,41,42)/t23-,24?,25?,26?,27+,28+,33?,35+,36-,37-,38-/m1/s1. The SMILES string of the molecule is CC1=CC[C@@]2(C)C(C3CCC4[C@@]5(C)CC[C@H](OC(=O)CCC(=O)O)C(C)(C)C5CC[C@@]4(C)[C@]3(C)C[C@@H]2OC(=O)CCC(=O)O)[C@@H]1C. The molecule has 8 heteroatoms. The fraction of sp³-hybridized carbons (Fsp3) is 0.842. The summed E-state index contributed by atoms with van der Waals surface area (Å²) < 4.78 is 12.4. The lowest BCUT2D eigenvalue weighted by molar-refractivity contribution is -0.271. The van der Waals surface area contributed by atoms with E-state index in [1.165, 1.54) is 5.57 Å². The van der Waals surface area contributed by atoms with E-state index in [0.29, 0.717) is 29.6 Å². The Kier molecular flexibility index (Phi) is 9.07. The number of allylic oxidation sites excluding steroid dienone is 2. The Hall–Kier alpha value is -2.38. The average Bonchev–Trinajstić information content (AvgIpc) is 2.95. The summed E-state index contributed by atoms with van der Waals surface area (Å²) in [6, 6.07) is 0. The van der Waals surface area contributed by atoms with Crippen LogP contribution in [0.2, 0.25) is 0 Å². The second kappa shape index (κ2) is 11.9. The van der Waals surface area contributed by atoms with Crippen LogP contribution in [0.4, 0.5) is 0 Å². The van der Waals surface area contributed by atoms with E-state index in [9.17, 15) is 24.3 Å². The van der Waals surface area contributed by atoms with Crippen molar-refractivity contribution in [2.75, 3.05) is 0 Å². The van der Waals surface area contributed by atoms with Crippen LogP contribution < -0.4 is 0 Å². The van der Waals surface area contributed by atoms with E-state index in [1.54, 1.807) is 0 Å². The molecule has 0 aromatic heterocycles. The highest BCUT2D eigenvalue weighted by molar-refractivity contribution is 5.77. The van der Waals surface area contributed by atoms with Gasteiger partial charge in [0.05, 0.1) is 25.7 Å². The third-order valence-corrected chi connectivity index (χ3v) is 15.2. The van der Waals surface area contributed by atoms with Crippen molar-refractivity contribution in [1.29, 1.82) is 0 Å². The Labute approximate surface area is 275 Å². The van der Waals surface area contributed by atoms with E-state index in [4.69, 9.17) is 14.6 Å². The van der Waals surface area contributed by atoms with E-state index < -0.39 is 23.9 Å². The second-order valence-electron chi connectivity index (χ2n) is 17.4. The van der Waals surface area contributed by atoms with Crippen molar-refractivity contribution in [2.24, 2.45) is 56.7 Å². The van der Waals surface area contributed by atoms with Crippen LogP contribution in [0.5, 0.6) is 0 Å². The van der Waals surface area contributed by atoms with E-state index in [-0.39, 0.29) is 65.0 Å². The van der Waals surface area contributed by atoms with Gasteiger partial charge in [-0.25, -0.2) is 0 Å². The van der Waals surface area contributed by atoms with Gasteiger partial charge >= 0.3 is 23.9 Å². The first-order valence-electron chi connectivity index (χ1n) is 17.8. The quantitative estimate of drug-likeness (QED) is 0.203. The molecule has 5 aliphatic carbocycles. The topological polar surface area (TPSA) is 127 Å². The number of carbonyl (C=O) groups is 4. The maximum absolute atomic E-state index is 13.1. The van der Waals surface area contributed by atoms with Gasteiger partial charge in [0.15, 0.2) is 0 Å². The van der Waals surface area contributed by atoms with Crippen LogP contribution in [-0.2, 0) is 28.7 Å². The molecule has 0 heterocycles. The van der Waals surface area contributed by atoms with Crippen molar-refractivity contribution in [3.05, 3.63) is 11.6 Å². The third kappa shape index (κ3) is 5.41. The van der Waals surface area contributed by atoms with Gasteiger partial charge in [-0.05, 0) is 104 Å². The summed E-state index contributed by atoms with van der Waals surface area (Å²) in [7, 11) is 0. The van der Waals surface area contributed by atoms with Crippen LogP contribution >= 0.6 is 0 Å². The van der Waals surface area contributed by atoms with Gasteiger partial charge in [-0.3, -0.25) is 19.2 Å². The number of hydrogen-bond donors (Lipinski definition) is 2. The molecule has 5 rings (SSSR count). The van der Waals surface area contributed by atoms with E-state index >= 15 is 0 Å². The Morgan fingerprint density at radius 3 is 1.91 bits per heavy atom. The smallest absolute Gasteiger partial charge is 0.306 e. The van der Waals surface area contributed by atoms with Crippen LogP contribution in [0.1, 0.15) is 132 Å². The van der Waals surface area contributed by atoms with Gasteiger partial charge in [0.25, 0.3) is 0 Å². The first kappa shape index (κ1) is 34.9. The molecule has 0 spiro atoms. The van der Waals surface area contributed by atoms with Gasteiger partial charge in [0.1, 0.15) is 12.2 Å². The van der Waals surface area contributed by atoms with Crippen molar-refractivity contribution < 1.29 is 38.9 Å². The molecule has 0 bridgehead atoms. The lowest BCUT2D eigenvalue weighted by Crippen LogP contribution is -2.69. The zero-order valence-corrected chi connectivity index (χ0v) is 29.4. The molecular weight excluding hydrogens is 584 g/mol. The van der Waals surface area contributed by atoms with Gasteiger partial charge < -0.3 is 19.7 Å². The minimum atomic E-state index is -0.989. The highest BCUT2D eigenvalue weighted by Crippen LogP contribution is 2.77. The third-order valence-electron chi connectivity index (χ3n) is 15.2. The molecule has 4 saturated carbocycles. The van der Waals surface area contributed by atoms with Crippen LogP contribution in [0.25, 0.3) is 0 Å². The molecular formula is C38H58O8. The molecule has 5 aliphatic rings. The lowest BCUT2D eigenvalue weighted by atomic mass is 9.31. The Morgan fingerprint density at radius 2 is 1.33 bits per heavy atom. The van der Waals surface area contributed by atoms with Crippen molar-refractivity contribution in [3.8, 4) is 0 Å². The molecule has 0 aromatic rings. The Morgan fingerprint density at radius 1 is 0.739 bits per heavy atom. The predicted octanol–water partition coefficient (Wildman–Crippen LogP) is 7.83. The van der Waals surface area contributed by atoms with Gasteiger partial charge in [-0.1, -0.05) is 60.1 Å². The first-order chi connectivity index (χ1) is 21.3. The molecule has 0 amide bonds. The molecule has 4 unspecified atom stereocenters. The molecule has 2 N–H and O–H groups in total. The molecule has 0 aliphatic heterocycles. The summed E-state index contributed by atoms with van der Waals surface area (Å²) in [5.74, 6) is -0.731. The van der Waals surface area contributed by atoms with Gasteiger partial charge in [-0.15, -0.1) is 0 Å². The molecule has 4 fully saturated rings. The minimum absolute atomic E-state index is 0.0179. The molecule has 46 heavy (non-hydrogen) atoms. The minimum Gasteiger partial charge on any atom is -0.481 e. The molecule has 0 radical (unpaired) electrons. The molecule has 11 atom stereocenters. The number of esters is 2. The first-order valence-corrected chi connectivity index (χ1v) is 17.8. The lowest BCUT2D eigenvalue weighted by Gasteiger charge is -2.74. The normalized spacial score (nSPS) is 44.3. The number of carboxylic acid groups (broad SMARTS) is 2. The van der Waals surface area contributed by atoms with E-state index in [2.05, 4.69) is 61.5 Å². The monoisotopic (exact) mass is 642 g/mol. The number of carbonyl (C=O) groups excluding carboxylic acids is 2. The average molecular weight is 643 g/mol.